The normalized spacial score (nSPS) is 29.9. The molecule has 0 spiro atoms. The Morgan fingerprint density at radius 2 is 1.54 bits per heavy atom. The quantitative estimate of drug-likeness (QED) is 0.232. The van der Waals surface area contributed by atoms with Crippen LogP contribution in [0.4, 0.5) is 0 Å². The van der Waals surface area contributed by atoms with E-state index in [0.29, 0.717) is 5.56 Å². The molecule has 0 aliphatic carbocycles. The van der Waals surface area contributed by atoms with Gasteiger partial charge >= 0.3 is 59.1 Å². The van der Waals surface area contributed by atoms with Gasteiger partial charge in [0.05, 0.1) is 35.2 Å². The Morgan fingerprint density at radius 3 is 2.00 bits per heavy atom. The molecular formula is C24H28N4Na2O9S2. The Balaban J connectivity index is 0.000000300. The van der Waals surface area contributed by atoms with Gasteiger partial charge < -0.3 is 40.7 Å². The summed E-state index contributed by atoms with van der Waals surface area (Å²) >= 11 is 1.34. The Morgan fingerprint density at radius 1 is 1.00 bits per heavy atom. The Kier molecular flexibility index (Phi) is 10.9. The van der Waals surface area contributed by atoms with Gasteiger partial charge in [0.25, 0.3) is 0 Å². The van der Waals surface area contributed by atoms with Crippen LogP contribution in [0, 0.1) is 0 Å². The molecule has 0 radical (unpaired) electrons. The summed E-state index contributed by atoms with van der Waals surface area (Å²) in [5.41, 5.74) is 6.57. The van der Waals surface area contributed by atoms with E-state index in [-0.39, 0.29) is 65.5 Å². The van der Waals surface area contributed by atoms with Crippen LogP contribution < -0.4 is 80.4 Å². The average Bonchev–Trinajstić information content (AvgIpc) is 3.18. The molecular weight excluding hydrogens is 598 g/mol. The number of fused-ring (bicyclic) bond motifs is 2. The predicted octanol–water partition coefficient (Wildman–Crippen LogP) is -9.14. The van der Waals surface area contributed by atoms with E-state index in [9.17, 15) is 42.6 Å². The van der Waals surface area contributed by atoms with Crippen molar-refractivity contribution in [1.82, 2.24) is 15.1 Å². The maximum Gasteiger partial charge on any atom is 1.00 e. The number of carbonyl (C=O) groups excluding carboxylic acids is 5. The molecule has 41 heavy (non-hydrogen) atoms. The zero-order valence-electron chi connectivity index (χ0n) is 23.5. The number of nitrogens with zero attached hydrogens (tertiary/aromatic N) is 2. The van der Waals surface area contributed by atoms with Crippen LogP contribution >= 0.6 is 11.8 Å². The number of carbonyl (C=O) groups is 5. The molecule has 1 aromatic rings. The van der Waals surface area contributed by atoms with E-state index in [1.165, 1.54) is 30.5 Å². The first-order chi connectivity index (χ1) is 17.9. The van der Waals surface area contributed by atoms with Gasteiger partial charge in [0, 0.05) is 4.75 Å². The number of aliphatic carboxylic acids is 2. The van der Waals surface area contributed by atoms with Crippen molar-refractivity contribution >= 4 is 51.3 Å². The van der Waals surface area contributed by atoms with Gasteiger partial charge in [-0.2, -0.15) is 0 Å². The van der Waals surface area contributed by atoms with Crippen molar-refractivity contribution in [1.29, 1.82) is 0 Å². The predicted molar refractivity (Wildman–Crippen MR) is 133 cm³/mol. The van der Waals surface area contributed by atoms with Crippen LogP contribution in [0.3, 0.4) is 0 Å². The number of rotatable bonds is 5. The molecule has 13 nitrogen and oxygen atoms in total. The minimum absolute atomic E-state index is 0. The number of carboxylic acids is 2. The summed E-state index contributed by atoms with van der Waals surface area (Å²) in [6, 6.07) is 4.82. The molecule has 3 amide bonds. The average molecular weight is 627 g/mol. The number of carboxylic acid groups (broad SMARTS) is 2. The second-order valence-electron chi connectivity index (χ2n) is 10.8. The van der Waals surface area contributed by atoms with Gasteiger partial charge in [-0.3, -0.25) is 14.4 Å². The number of sulfone groups is 1. The Labute approximate surface area is 285 Å². The van der Waals surface area contributed by atoms with Crippen molar-refractivity contribution < 1.29 is 102 Å². The van der Waals surface area contributed by atoms with E-state index in [1.807, 2.05) is 6.07 Å². The molecule has 4 aliphatic heterocycles. The summed E-state index contributed by atoms with van der Waals surface area (Å²) in [6.07, 6.45) is -0.116. The number of hydrogen-bond donors (Lipinski definition) is 2. The van der Waals surface area contributed by atoms with Crippen LogP contribution in [0.5, 0.6) is 0 Å². The van der Waals surface area contributed by atoms with Crippen molar-refractivity contribution in [3.05, 3.63) is 35.9 Å². The molecule has 1 aromatic carbocycles. The van der Waals surface area contributed by atoms with Gasteiger partial charge in [0.1, 0.15) is 22.8 Å². The molecule has 0 saturated carbocycles. The summed E-state index contributed by atoms with van der Waals surface area (Å²) < 4.78 is 21.6. The molecule has 6 atom stereocenters. The van der Waals surface area contributed by atoms with E-state index in [2.05, 4.69) is 5.32 Å². The number of thioether (sulfide) groups is 1. The van der Waals surface area contributed by atoms with Crippen LogP contribution in [0.15, 0.2) is 30.3 Å². The van der Waals surface area contributed by atoms with Gasteiger partial charge in [0.15, 0.2) is 9.84 Å². The smallest absolute Gasteiger partial charge is 0.548 e. The molecule has 0 bridgehead atoms. The molecule has 0 aromatic heterocycles. The number of amides is 3. The van der Waals surface area contributed by atoms with Crippen molar-refractivity contribution in [2.45, 2.75) is 78.5 Å². The van der Waals surface area contributed by atoms with Gasteiger partial charge in [-0.05, 0) is 33.3 Å². The van der Waals surface area contributed by atoms with E-state index in [4.69, 9.17) is 5.73 Å². The Bertz CT molecular complexity index is 1360. The van der Waals surface area contributed by atoms with Crippen LogP contribution in [0.2, 0.25) is 0 Å². The zero-order valence-corrected chi connectivity index (χ0v) is 29.2. The van der Waals surface area contributed by atoms with Gasteiger partial charge in [-0.1, -0.05) is 30.3 Å². The largest absolute Gasteiger partial charge is 1.00 e. The molecule has 5 rings (SSSR count). The molecule has 4 fully saturated rings. The van der Waals surface area contributed by atoms with Crippen LogP contribution in [0.25, 0.3) is 0 Å². The zero-order chi connectivity index (χ0) is 29.2. The number of β-lactam (4-membered cyclic amide) rings is 2. The van der Waals surface area contributed by atoms with Crippen molar-refractivity contribution in [2.24, 2.45) is 5.73 Å². The third-order valence-corrected chi connectivity index (χ3v) is 12.0. The maximum absolute atomic E-state index is 12.3. The SMILES string of the molecule is CC1(C)SC2C(NC(=O)C(N)c3ccccc3)C(=O)N2C1C(=O)[O-].CC1(C)[C@H](C(=O)[O-])N2C(=O)C[C@H]2S1(=O)=O.[Na+].[Na+]. The fourth-order valence-electron chi connectivity index (χ4n) is 5.39. The third kappa shape index (κ3) is 5.86. The first-order valence-electron chi connectivity index (χ1n) is 12.0. The summed E-state index contributed by atoms with van der Waals surface area (Å²) in [7, 11) is -3.61. The van der Waals surface area contributed by atoms with Crippen molar-refractivity contribution in [2.75, 3.05) is 0 Å². The van der Waals surface area contributed by atoms with Gasteiger partial charge in [-0.15, -0.1) is 11.8 Å². The molecule has 212 valence electrons. The van der Waals surface area contributed by atoms with Gasteiger partial charge in [-0.25, -0.2) is 8.42 Å². The van der Waals surface area contributed by atoms with Crippen LogP contribution in [0.1, 0.15) is 45.7 Å². The Hall–Kier alpha value is -1.17. The fraction of sp³-hybridized carbons (Fsp3) is 0.542. The molecule has 4 unspecified atom stereocenters. The minimum Gasteiger partial charge on any atom is -0.548 e. The molecule has 17 heteroatoms. The third-order valence-electron chi connectivity index (χ3n) is 7.60. The van der Waals surface area contributed by atoms with Crippen LogP contribution in [-0.4, -0.2) is 86.2 Å². The number of hydrogen-bond acceptors (Lipinski definition) is 11. The first-order valence-corrected chi connectivity index (χ1v) is 14.4. The number of nitrogens with one attached hydrogen (secondary N) is 1. The van der Waals surface area contributed by atoms with E-state index >= 15 is 0 Å². The summed E-state index contributed by atoms with van der Waals surface area (Å²) in [6.45, 7) is 6.12. The fourth-order valence-corrected chi connectivity index (χ4v) is 9.13. The van der Waals surface area contributed by atoms with E-state index < -0.39 is 83.9 Å². The van der Waals surface area contributed by atoms with Crippen LogP contribution in [-0.2, 0) is 33.8 Å². The standard InChI is InChI=1S/C16H19N3O4S.C8H11NO5S.2Na/c1-16(2)11(15(22)23)19-13(21)10(14(19)24-16)18-12(20)9(17)8-6-4-3-5-7-8;1-8(2)6(7(11)12)9-4(10)3-5(9)15(8,13)14;;/h3-7,9-11,14H,17H2,1-2H3,(H,18,20)(H,22,23);5-6H,3H2,1-2H3,(H,11,12);;/q;;2*+1/p-2/t;5-,6+;;/m.1../s1. The van der Waals surface area contributed by atoms with Crippen molar-refractivity contribution in [3.63, 3.8) is 0 Å². The topological polar surface area (TPSA) is 210 Å². The number of nitrogens with two attached hydrogens (primary N) is 1. The monoisotopic (exact) mass is 626 g/mol. The summed E-state index contributed by atoms with van der Waals surface area (Å²) in [5.74, 6) is -4.12. The van der Waals surface area contributed by atoms with E-state index in [0.717, 1.165) is 4.90 Å². The summed E-state index contributed by atoms with van der Waals surface area (Å²) in [4.78, 5) is 60.2. The second-order valence-corrected chi connectivity index (χ2v) is 15.2. The number of benzene rings is 1. The second kappa shape index (κ2) is 12.4. The van der Waals surface area contributed by atoms with Gasteiger partial charge in [0.2, 0.25) is 17.7 Å². The molecule has 3 N–H and O–H groups in total. The molecule has 4 heterocycles. The molecule has 4 aliphatic rings. The van der Waals surface area contributed by atoms with Crippen molar-refractivity contribution in [3.8, 4) is 0 Å². The summed E-state index contributed by atoms with van der Waals surface area (Å²) in [5, 5.41) is 23.5. The first kappa shape index (κ1) is 36.0. The molecule has 4 saturated heterocycles. The minimum atomic E-state index is -3.61. The maximum atomic E-state index is 12.3. The van der Waals surface area contributed by atoms with E-state index in [1.54, 1.807) is 38.1 Å².